The van der Waals surface area contributed by atoms with Gasteiger partial charge in [0.25, 0.3) is 0 Å². The minimum Gasteiger partial charge on any atom is -0.233 e. The van der Waals surface area contributed by atoms with Crippen LogP contribution >= 0.6 is 0 Å². The van der Waals surface area contributed by atoms with Gasteiger partial charge < -0.3 is 0 Å². The number of hydrogen-bond donors (Lipinski definition) is 0. The van der Waals surface area contributed by atoms with Gasteiger partial charge in [-0.25, -0.2) is 9.78 Å². The Morgan fingerprint density at radius 2 is 1.26 bits per heavy atom. The smallest absolute Gasteiger partial charge is 0.233 e. The average molecular weight is 331 g/mol. The third-order valence-corrected chi connectivity index (χ3v) is 3.97. The second-order valence-electron chi connectivity index (χ2n) is 9.46. The Balaban J connectivity index is 2.54. The maximum atomic E-state index is 5.74. The van der Waals surface area contributed by atoms with Crippen LogP contribution in [0.3, 0.4) is 0 Å². The second-order valence-corrected chi connectivity index (χ2v) is 9.46. The third-order valence-electron chi connectivity index (χ3n) is 3.97. The number of hydrogen-bond acceptors (Lipinski definition) is 4. The van der Waals surface area contributed by atoms with Crippen molar-refractivity contribution in [2.24, 2.45) is 16.7 Å². The fourth-order valence-corrected chi connectivity index (χ4v) is 2.62. The quantitative estimate of drug-likeness (QED) is 0.327. The monoisotopic (exact) mass is 330 g/mol. The van der Waals surface area contributed by atoms with Gasteiger partial charge in [-0.15, -0.1) is 0 Å². The molecule has 0 unspecified atom stereocenters. The Kier molecular flexibility index (Phi) is 7.99. The van der Waals surface area contributed by atoms with E-state index in [4.69, 9.17) is 19.6 Å². The standard InChI is InChI=1S/C19H38O4/c1-8-9-16-10-12-19(13-11-16,22-20-14-17(2,3)4)23-21-15-18(5,6)7/h16H,8-15H2,1-7H3. The van der Waals surface area contributed by atoms with Gasteiger partial charge in [0, 0.05) is 12.8 Å². The van der Waals surface area contributed by atoms with Crippen LogP contribution in [-0.4, -0.2) is 19.0 Å². The van der Waals surface area contributed by atoms with Gasteiger partial charge in [0.2, 0.25) is 5.79 Å². The molecule has 0 bridgehead atoms. The topological polar surface area (TPSA) is 36.9 Å². The molecule has 1 rings (SSSR count). The summed E-state index contributed by atoms with van der Waals surface area (Å²) in [5.41, 5.74) is 0.125. The minimum absolute atomic E-state index is 0.0624. The molecule has 0 aromatic rings. The van der Waals surface area contributed by atoms with E-state index in [1.54, 1.807) is 0 Å². The molecule has 0 radical (unpaired) electrons. The molecule has 0 aliphatic heterocycles. The predicted octanol–water partition coefficient (Wildman–Crippen LogP) is 5.66. The molecule has 0 aromatic carbocycles. The van der Waals surface area contributed by atoms with E-state index in [-0.39, 0.29) is 10.8 Å². The summed E-state index contributed by atoms with van der Waals surface area (Å²) in [5, 5.41) is 0. The van der Waals surface area contributed by atoms with E-state index in [1.807, 2.05) is 0 Å². The summed E-state index contributed by atoms with van der Waals surface area (Å²) in [6, 6.07) is 0. The molecule has 1 fully saturated rings. The molecule has 0 spiro atoms. The second kappa shape index (κ2) is 8.80. The van der Waals surface area contributed by atoms with E-state index in [0.29, 0.717) is 13.2 Å². The van der Waals surface area contributed by atoms with Crippen molar-refractivity contribution in [3.05, 3.63) is 0 Å². The third kappa shape index (κ3) is 9.04. The molecule has 4 nitrogen and oxygen atoms in total. The van der Waals surface area contributed by atoms with Crippen LogP contribution in [-0.2, 0) is 19.6 Å². The minimum atomic E-state index is -0.749. The van der Waals surface area contributed by atoms with Crippen LogP contribution < -0.4 is 0 Å². The maximum Gasteiger partial charge on any atom is 0.234 e. The zero-order valence-electron chi connectivity index (χ0n) is 16.4. The summed E-state index contributed by atoms with van der Waals surface area (Å²) < 4.78 is 0. The zero-order valence-corrected chi connectivity index (χ0v) is 16.4. The van der Waals surface area contributed by atoms with Crippen molar-refractivity contribution in [3.8, 4) is 0 Å². The van der Waals surface area contributed by atoms with E-state index in [2.05, 4.69) is 48.5 Å². The first-order valence-electron chi connectivity index (χ1n) is 9.16. The molecule has 1 saturated carbocycles. The highest BCUT2D eigenvalue weighted by Gasteiger charge is 2.40. The van der Waals surface area contributed by atoms with Crippen LogP contribution in [0.25, 0.3) is 0 Å². The van der Waals surface area contributed by atoms with Crippen molar-refractivity contribution >= 4 is 0 Å². The van der Waals surface area contributed by atoms with E-state index in [1.165, 1.54) is 12.8 Å². The Labute approximate surface area is 143 Å². The lowest BCUT2D eigenvalue weighted by molar-refractivity contribution is -0.522. The lowest BCUT2D eigenvalue weighted by Gasteiger charge is -2.38. The molecule has 0 heterocycles. The zero-order chi connectivity index (χ0) is 17.6. The highest BCUT2D eigenvalue weighted by molar-refractivity contribution is 4.78. The first kappa shape index (κ1) is 20.9. The largest absolute Gasteiger partial charge is 0.234 e. The summed E-state index contributed by atoms with van der Waals surface area (Å²) >= 11 is 0. The van der Waals surface area contributed by atoms with Crippen molar-refractivity contribution in [2.45, 2.75) is 92.8 Å². The van der Waals surface area contributed by atoms with E-state index in [0.717, 1.165) is 31.6 Å². The van der Waals surface area contributed by atoms with Crippen LogP contribution in [0.15, 0.2) is 0 Å². The number of rotatable bonds is 8. The van der Waals surface area contributed by atoms with Gasteiger partial charge >= 0.3 is 0 Å². The lowest BCUT2D eigenvalue weighted by Crippen LogP contribution is -2.41. The fraction of sp³-hybridized carbons (Fsp3) is 1.00. The predicted molar refractivity (Wildman–Crippen MR) is 92.6 cm³/mol. The van der Waals surface area contributed by atoms with Crippen LogP contribution in [0.5, 0.6) is 0 Å². The SMILES string of the molecule is CCCC1CCC(OOCC(C)(C)C)(OOCC(C)(C)C)CC1. The highest BCUT2D eigenvalue weighted by atomic mass is 17.3. The first-order chi connectivity index (χ1) is 10.6. The molecule has 4 heteroatoms. The highest BCUT2D eigenvalue weighted by Crippen LogP contribution is 2.38. The van der Waals surface area contributed by atoms with Gasteiger partial charge in [-0.05, 0) is 29.6 Å². The summed E-state index contributed by atoms with van der Waals surface area (Å²) in [4.78, 5) is 22.5. The molecule has 1 aliphatic rings. The van der Waals surface area contributed by atoms with Gasteiger partial charge in [0.1, 0.15) is 0 Å². The van der Waals surface area contributed by atoms with Crippen molar-refractivity contribution in [3.63, 3.8) is 0 Å². The fourth-order valence-electron chi connectivity index (χ4n) is 2.62. The molecule has 23 heavy (non-hydrogen) atoms. The van der Waals surface area contributed by atoms with E-state index < -0.39 is 5.79 Å². The van der Waals surface area contributed by atoms with Gasteiger partial charge in [-0.1, -0.05) is 61.3 Å². The van der Waals surface area contributed by atoms with Crippen molar-refractivity contribution < 1.29 is 19.6 Å². The Morgan fingerprint density at radius 1 is 0.826 bits per heavy atom. The van der Waals surface area contributed by atoms with Gasteiger partial charge in [-0.3, -0.25) is 0 Å². The molecule has 0 amide bonds. The first-order valence-corrected chi connectivity index (χ1v) is 9.16. The van der Waals surface area contributed by atoms with Crippen molar-refractivity contribution in [1.82, 2.24) is 0 Å². The Bertz CT molecular complexity index is 297. The maximum absolute atomic E-state index is 5.74. The summed E-state index contributed by atoms with van der Waals surface area (Å²) in [5.74, 6) is 0.0198. The molecule has 0 saturated heterocycles. The van der Waals surface area contributed by atoms with Gasteiger partial charge in [-0.2, -0.15) is 9.78 Å². The molecular weight excluding hydrogens is 292 g/mol. The Hall–Kier alpha value is -0.160. The molecule has 0 aromatic heterocycles. The van der Waals surface area contributed by atoms with Crippen molar-refractivity contribution in [2.75, 3.05) is 13.2 Å². The Morgan fingerprint density at radius 3 is 1.61 bits per heavy atom. The average Bonchev–Trinajstić information content (AvgIpc) is 2.39. The van der Waals surface area contributed by atoms with Crippen LogP contribution in [0.2, 0.25) is 0 Å². The van der Waals surface area contributed by atoms with E-state index in [9.17, 15) is 0 Å². The molecular formula is C19H38O4. The molecule has 0 N–H and O–H groups in total. The van der Waals surface area contributed by atoms with Crippen LogP contribution in [0, 0.1) is 16.7 Å². The van der Waals surface area contributed by atoms with Crippen LogP contribution in [0.4, 0.5) is 0 Å². The van der Waals surface area contributed by atoms with Crippen molar-refractivity contribution in [1.29, 1.82) is 0 Å². The van der Waals surface area contributed by atoms with Gasteiger partial charge in [0.15, 0.2) is 0 Å². The lowest BCUT2D eigenvalue weighted by atomic mass is 9.83. The van der Waals surface area contributed by atoms with E-state index >= 15 is 0 Å². The molecule has 0 atom stereocenters. The molecule has 138 valence electrons. The van der Waals surface area contributed by atoms with Gasteiger partial charge in [0.05, 0.1) is 13.2 Å². The summed E-state index contributed by atoms with van der Waals surface area (Å²) in [6.45, 7) is 16.1. The normalized spacial score (nSPS) is 20.0. The van der Waals surface area contributed by atoms with Crippen LogP contribution in [0.1, 0.15) is 87.0 Å². The summed E-state index contributed by atoms with van der Waals surface area (Å²) in [6.07, 6.45) is 6.37. The molecule has 1 aliphatic carbocycles. The summed E-state index contributed by atoms with van der Waals surface area (Å²) in [7, 11) is 0.